The zero-order chi connectivity index (χ0) is 23.7. The molecule has 0 bridgehead atoms. The average Bonchev–Trinajstić information content (AvgIpc) is 3.44. The van der Waals surface area contributed by atoms with Gasteiger partial charge in [0.05, 0.1) is 0 Å². The first-order chi connectivity index (χ1) is 16.4. The Kier molecular flexibility index (Phi) is 5.97. The van der Waals surface area contributed by atoms with Crippen LogP contribution in [0.4, 0.5) is 18.9 Å². The molecule has 10 heteroatoms. The highest BCUT2D eigenvalue weighted by Gasteiger charge is 2.47. The van der Waals surface area contributed by atoms with Crippen LogP contribution < -0.4 is 10.1 Å². The number of H-pyrrole nitrogens is 1. The second-order valence-corrected chi connectivity index (χ2v) is 8.98. The summed E-state index contributed by atoms with van der Waals surface area (Å²) >= 11 is 0. The van der Waals surface area contributed by atoms with E-state index in [4.69, 9.17) is 0 Å². The van der Waals surface area contributed by atoms with Gasteiger partial charge in [0.25, 0.3) is 0 Å². The number of carbonyl (C=O) groups is 1. The van der Waals surface area contributed by atoms with Crippen LogP contribution in [0.1, 0.15) is 38.5 Å². The molecule has 5 rings (SSSR count). The lowest BCUT2D eigenvalue weighted by atomic mass is 9.85. The summed E-state index contributed by atoms with van der Waals surface area (Å²) < 4.78 is 41.4. The van der Waals surface area contributed by atoms with Gasteiger partial charge in [-0.15, -0.1) is 18.3 Å². The summed E-state index contributed by atoms with van der Waals surface area (Å²) in [6.45, 7) is 0. The van der Waals surface area contributed by atoms with Gasteiger partial charge in [-0.2, -0.15) is 0 Å². The van der Waals surface area contributed by atoms with Crippen molar-refractivity contribution in [3.05, 3.63) is 42.5 Å². The number of rotatable bonds is 6. The molecule has 1 heterocycles. The topological polar surface area (TPSA) is 92.8 Å². The number of aromatic amines is 1. The number of alkyl halides is 3. The number of nitrogens with one attached hydrogen (secondary N) is 2. The fourth-order valence-electron chi connectivity index (χ4n) is 5.01. The highest BCUT2D eigenvalue weighted by Crippen LogP contribution is 2.49. The van der Waals surface area contributed by atoms with Gasteiger partial charge in [0.15, 0.2) is 5.82 Å². The van der Waals surface area contributed by atoms with Crippen molar-refractivity contribution in [1.29, 1.82) is 0 Å². The number of hydrogen-bond donors (Lipinski definition) is 2. The third-order valence-electron chi connectivity index (χ3n) is 6.72. The molecule has 2 aliphatic carbocycles. The molecule has 0 spiro atoms. The van der Waals surface area contributed by atoms with Crippen LogP contribution in [0.15, 0.2) is 42.5 Å². The lowest BCUT2D eigenvalue weighted by Gasteiger charge is -2.21. The second kappa shape index (κ2) is 9.08. The molecule has 2 atom stereocenters. The maximum atomic E-state index is 12.9. The highest BCUT2D eigenvalue weighted by molar-refractivity contribution is 5.96. The summed E-state index contributed by atoms with van der Waals surface area (Å²) in [4.78, 5) is 12.9. The van der Waals surface area contributed by atoms with E-state index in [0.29, 0.717) is 40.0 Å². The van der Waals surface area contributed by atoms with Crippen LogP contribution in [0, 0.1) is 17.8 Å². The normalized spacial score (nSPS) is 20.7. The van der Waals surface area contributed by atoms with Gasteiger partial charge >= 0.3 is 6.36 Å². The number of nitrogens with zero attached hydrogens (tertiary/aromatic N) is 3. The Labute approximate surface area is 194 Å². The van der Waals surface area contributed by atoms with Crippen molar-refractivity contribution in [3.8, 4) is 28.3 Å². The molecule has 0 unspecified atom stereocenters. The smallest absolute Gasteiger partial charge is 0.406 e. The number of aromatic nitrogens is 4. The summed E-state index contributed by atoms with van der Waals surface area (Å²) in [5.74, 6) is 1.30. The zero-order valence-electron chi connectivity index (χ0n) is 18.3. The fraction of sp³-hybridized carbons (Fsp3) is 0.417. The van der Waals surface area contributed by atoms with Gasteiger partial charge in [-0.1, -0.05) is 50.3 Å². The van der Waals surface area contributed by atoms with Gasteiger partial charge in [-0.3, -0.25) is 4.79 Å². The molecule has 0 radical (unpaired) electrons. The van der Waals surface area contributed by atoms with Crippen LogP contribution in [0.3, 0.4) is 0 Å². The van der Waals surface area contributed by atoms with E-state index >= 15 is 0 Å². The van der Waals surface area contributed by atoms with E-state index in [1.807, 2.05) is 0 Å². The van der Waals surface area contributed by atoms with Crippen molar-refractivity contribution in [2.24, 2.45) is 17.8 Å². The molecule has 2 N–H and O–H groups in total. The number of hydrogen-bond acceptors (Lipinski definition) is 5. The zero-order valence-corrected chi connectivity index (χ0v) is 18.3. The van der Waals surface area contributed by atoms with Crippen LogP contribution in [0.25, 0.3) is 22.5 Å². The minimum Gasteiger partial charge on any atom is -0.406 e. The van der Waals surface area contributed by atoms with Crippen molar-refractivity contribution in [1.82, 2.24) is 20.6 Å². The van der Waals surface area contributed by atoms with Crippen molar-refractivity contribution in [2.75, 3.05) is 5.32 Å². The molecule has 2 fully saturated rings. The van der Waals surface area contributed by atoms with Crippen molar-refractivity contribution < 1.29 is 22.7 Å². The number of benzene rings is 2. The Bertz CT molecular complexity index is 1140. The van der Waals surface area contributed by atoms with Crippen LogP contribution in [0.2, 0.25) is 0 Å². The number of anilines is 1. The summed E-state index contributed by atoms with van der Waals surface area (Å²) in [6, 6.07) is 10.9. The Morgan fingerprint density at radius 1 is 1.03 bits per heavy atom. The number of tetrazole rings is 1. The van der Waals surface area contributed by atoms with Gasteiger partial charge in [0.2, 0.25) is 5.91 Å². The van der Waals surface area contributed by atoms with E-state index in [-0.39, 0.29) is 17.6 Å². The third kappa shape index (κ3) is 5.05. The van der Waals surface area contributed by atoms with Gasteiger partial charge in [0, 0.05) is 17.2 Å². The Hall–Kier alpha value is -3.43. The fourth-order valence-corrected chi connectivity index (χ4v) is 5.01. The van der Waals surface area contributed by atoms with Gasteiger partial charge in [-0.25, -0.2) is 5.10 Å². The molecule has 2 saturated carbocycles. The molecule has 1 aromatic heterocycles. The maximum absolute atomic E-state index is 12.9. The third-order valence-corrected chi connectivity index (χ3v) is 6.72. The van der Waals surface area contributed by atoms with Gasteiger partial charge in [-0.05, 0) is 64.1 Å². The first kappa shape index (κ1) is 22.4. The Balaban J connectivity index is 1.35. The minimum absolute atomic E-state index is 0.0265. The number of ether oxygens (including phenoxy) is 1. The second-order valence-electron chi connectivity index (χ2n) is 8.98. The molecule has 2 aromatic carbocycles. The van der Waals surface area contributed by atoms with E-state index in [9.17, 15) is 18.0 Å². The molecule has 2 aliphatic rings. The summed E-state index contributed by atoms with van der Waals surface area (Å²) in [7, 11) is 0. The van der Waals surface area contributed by atoms with E-state index in [1.165, 1.54) is 56.4 Å². The van der Waals surface area contributed by atoms with Gasteiger partial charge in [0.1, 0.15) is 5.75 Å². The summed E-state index contributed by atoms with van der Waals surface area (Å²) in [6.07, 6.45) is 2.44. The number of amides is 1. The Morgan fingerprint density at radius 2 is 1.79 bits per heavy atom. The monoisotopic (exact) mass is 471 g/mol. The molecule has 0 saturated heterocycles. The standard InChI is InChI=1S/C24H24F3N5O2/c25-24(26,27)34-17-9-6-15(7-10-17)18-11-8-16(12-20(18)22-29-31-32-30-22)28-23(33)21-13-19(21)14-4-2-1-3-5-14/h6-12,14,19,21H,1-5,13H2,(H,28,33)(H,29,30,31,32)/t19-,21+/m0/s1. The largest absolute Gasteiger partial charge is 0.573 e. The molecule has 34 heavy (non-hydrogen) atoms. The first-order valence-electron chi connectivity index (χ1n) is 11.4. The molecule has 7 nitrogen and oxygen atoms in total. The van der Waals surface area contributed by atoms with Crippen molar-refractivity contribution in [2.45, 2.75) is 44.9 Å². The lowest BCUT2D eigenvalue weighted by Crippen LogP contribution is -2.18. The van der Waals surface area contributed by atoms with Crippen LogP contribution in [-0.2, 0) is 4.79 Å². The van der Waals surface area contributed by atoms with Gasteiger partial charge < -0.3 is 10.1 Å². The first-order valence-corrected chi connectivity index (χ1v) is 11.4. The summed E-state index contributed by atoms with van der Waals surface area (Å²) in [5.41, 5.74) is 2.58. The summed E-state index contributed by atoms with van der Waals surface area (Å²) in [5, 5.41) is 17.0. The molecular formula is C24H24F3N5O2. The molecule has 1 amide bonds. The predicted molar refractivity (Wildman–Crippen MR) is 119 cm³/mol. The van der Waals surface area contributed by atoms with Crippen LogP contribution in [0.5, 0.6) is 5.75 Å². The van der Waals surface area contributed by atoms with E-state index in [1.54, 1.807) is 18.2 Å². The maximum Gasteiger partial charge on any atom is 0.573 e. The number of carbonyl (C=O) groups excluding carboxylic acids is 1. The molecule has 0 aliphatic heterocycles. The van der Waals surface area contributed by atoms with E-state index in [0.717, 1.165) is 6.42 Å². The van der Waals surface area contributed by atoms with Crippen LogP contribution >= 0.6 is 0 Å². The van der Waals surface area contributed by atoms with Crippen LogP contribution in [-0.4, -0.2) is 32.9 Å². The highest BCUT2D eigenvalue weighted by atomic mass is 19.4. The number of halogens is 3. The molecule has 178 valence electrons. The lowest BCUT2D eigenvalue weighted by molar-refractivity contribution is -0.274. The molecule has 3 aromatic rings. The van der Waals surface area contributed by atoms with Crippen molar-refractivity contribution in [3.63, 3.8) is 0 Å². The molecular weight excluding hydrogens is 447 g/mol. The predicted octanol–water partition coefficient (Wildman–Crippen LogP) is 5.59. The average molecular weight is 471 g/mol. The van der Waals surface area contributed by atoms with E-state index in [2.05, 4.69) is 30.7 Å². The SMILES string of the molecule is O=C(Nc1ccc(-c2ccc(OC(F)(F)F)cc2)c(-c2nnn[nH]2)c1)[C@@H]1C[C@H]1C1CCCCC1. The van der Waals surface area contributed by atoms with E-state index < -0.39 is 6.36 Å². The quantitative estimate of drug-likeness (QED) is 0.489. The van der Waals surface area contributed by atoms with Crippen molar-refractivity contribution >= 4 is 11.6 Å². The minimum atomic E-state index is -4.75. The Morgan fingerprint density at radius 3 is 2.47 bits per heavy atom.